The molecule has 0 N–H and O–H groups in total. The zero-order valence-corrected chi connectivity index (χ0v) is 32.2. The van der Waals surface area contributed by atoms with Crippen molar-refractivity contribution in [3.8, 4) is 22.5 Å². The van der Waals surface area contributed by atoms with E-state index in [4.69, 9.17) is 0 Å². The van der Waals surface area contributed by atoms with E-state index in [2.05, 4.69) is 238 Å². The molecule has 10 aromatic carbocycles. The first-order valence-corrected chi connectivity index (χ1v) is 20.3. The standard InChI is InChI=1S/C56H37N3/c1-3-14-38(15-4-1)42-18-13-21-45(34-42)57(44-19-5-2-6-20-44)46-29-27-40-28-31-48(37-43(40)36-46)59-52-24-11-9-22-49(52)50-32-33-54-55(56(50)59)51-23-10-12-25-53(51)58(54)47-30-26-39-16-7-8-17-41(39)35-47/h1-37H. The van der Waals surface area contributed by atoms with Gasteiger partial charge >= 0.3 is 0 Å². The second-order valence-electron chi connectivity index (χ2n) is 15.4. The molecule has 2 heterocycles. The number of benzene rings is 10. The zero-order valence-electron chi connectivity index (χ0n) is 32.2. The van der Waals surface area contributed by atoms with Gasteiger partial charge in [0.2, 0.25) is 0 Å². The smallest absolute Gasteiger partial charge is 0.0641 e. The fraction of sp³-hybridized carbons (Fsp3) is 0. The summed E-state index contributed by atoms with van der Waals surface area (Å²) in [6, 6.07) is 81.7. The van der Waals surface area contributed by atoms with Crippen molar-refractivity contribution in [3.63, 3.8) is 0 Å². The molecule has 0 aliphatic heterocycles. The van der Waals surface area contributed by atoms with Crippen LogP contribution in [0.25, 0.3) is 87.7 Å². The van der Waals surface area contributed by atoms with E-state index in [1.807, 2.05) is 0 Å². The van der Waals surface area contributed by atoms with Crippen LogP contribution < -0.4 is 4.90 Å². The number of fused-ring (bicyclic) bond motifs is 9. The molecular weight excluding hydrogens is 715 g/mol. The van der Waals surface area contributed by atoms with Crippen LogP contribution in [0.4, 0.5) is 17.1 Å². The Hall–Kier alpha value is -7.88. The lowest BCUT2D eigenvalue weighted by Crippen LogP contribution is -2.09. The predicted octanol–water partition coefficient (Wildman–Crippen LogP) is 15.3. The highest BCUT2D eigenvalue weighted by atomic mass is 15.1. The molecule has 12 aromatic rings. The average Bonchev–Trinajstić information content (AvgIpc) is 3.82. The summed E-state index contributed by atoms with van der Waals surface area (Å²) in [6.45, 7) is 0. The van der Waals surface area contributed by atoms with Crippen LogP contribution in [-0.2, 0) is 0 Å². The van der Waals surface area contributed by atoms with Crippen LogP contribution in [0.15, 0.2) is 224 Å². The highest BCUT2D eigenvalue weighted by molar-refractivity contribution is 6.26. The minimum Gasteiger partial charge on any atom is -0.310 e. The molecule has 0 aliphatic carbocycles. The maximum atomic E-state index is 2.49. The topological polar surface area (TPSA) is 13.1 Å². The van der Waals surface area contributed by atoms with Crippen LogP contribution >= 0.6 is 0 Å². The highest BCUT2D eigenvalue weighted by Crippen LogP contribution is 2.43. The molecule has 0 unspecified atom stereocenters. The monoisotopic (exact) mass is 751 g/mol. The minimum atomic E-state index is 1.11. The minimum absolute atomic E-state index is 1.11. The summed E-state index contributed by atoms with van der Waals surface area (Å²) >= 11 is 0. The Labute approximate surface area is 341 Å². The van der Waals surface area contributed by atoms with Crippen molar-refractivity contribution in [2.24, 2.45) is 0 Å². The number of aromatic nitrogens is 2. The summed E-state index contributed by atoms with van der Waals surface area (Å²) in [5, 5.41) is 9.84. The zero-order chi connectivity index (χ0) is 38.9. The summed E-state index contributed by atoms with van der Waals surface area (Å²) in [6.07, 6.45) is 0. The number of anilines is 3. The van der Waals surface area contributed by atoms with Gasteiger partial charge in [0.15, 0.2) is 0 Å². The Morgan fingerprint density at radius 3 is 1.68 bits per heavy atom. The largest absolute Gasteiger partial charge is 0.310 e. The molecule has 0 fully saturated rings. The van der Waals surface area contributed by atoms with E-state index < -0.39 is 0 Å². The van der Waals surface area contributed by atoms with Gasteiger partial charge in [0.1, 0.15) is 0 Å². The third kappa shape index (κ3) is 5.36. The number of hydrogen-bond acceptors (Lipinski definition) is 1. The second kappa shape index (κ2) is 13.4. The Bertz CT molecular complexity index is 3560. The SMILES string of the molecule is c1ccc(-c2cccc(N(c3ccccc3)c3ccc4ccc(-n5c6ccccc6c6ccc7c(c8ccccc8n7-c7ccc8ccccc8c7)c65)cc4c3)c2)cc1. The van der Waals surface area contributed by atoms with E-state index in [0.29, 0.717) is 0 Å². The van der Waals surface area contributed by atoms with E-state index in [1.54, 1.807) is 0 Å². The molecule has 0 saturated carbocycles. The van der Waals surface area contributed by atoms with E-state index >= 15 is 0 Å². The third-order valence-electron chi connectivity index (χ3n) is 12.0. The molecule has 3 nitrogen and oxygen atoms in total. The number of rotatable bonds is 6. The normalized spacial score (nSPS) is 11.7. The number of para-hydroxylation sites is 3. The van der Waals surface area contributed by atoms with Crippen molar-refractivity contribution >= 4 is 82.2 Å². The van der Waals surface area contributed by atoms with Gasteiger partial charge in [-0.05, 0) is 112 Å². The predicted molar refractivity (Wildman–Crippen MR) is 250 cm³/mol. The number of hydrogen-bond donors (Lipinski definition) is 0. The fourth-order valence-electron chi connectivity index (χ4n) is 9.35. The molecule has 0 aliphatic rings. The van der Waals surface area contributed by atoms with Gasteiger partial charge < -0.3 is 14.0 Å². The molecule has 2 aromatic heterocycles. The van der Waals surface area contributed by atoms with Gasteiger partial charge in [0, 0.05) is 50.0 Å². The summed E-state index contributed by atoms with van der Waals surface area (Å²) in [5.41, 5.74) is 12.8. The molecule has 0 amide bonds. The summed E-state index contributed by atoms with van der Waals surface area (Å²) in [5.74, 6) is 0. The van der Waals surface area contributed by atoms with Gasteiger partial charge in [-0.25, -0.2) is 0 Å². The molecule has 0 atom stereocenters. The van der Waals surface area contributed by atoms with E-state index in [1.165, 1.54) is 76.3 Å². The summed E-state index contributed by atoms with van der Waals surface area (Å²) < 4.78 is 4.94. The number of nitrogens with zero attached hydrogens (tertiary/aromatic N) is 3. The van der Waals surface area contributed by atoms with Crippen LogP contribution in [0.2, 0.25) is 0 Å². The first-order valence-electron chi connectivity index (χ1n) is 20.3. The molecule has 276 valence electrons. The maximum absolute atomic E-state index is 2.49. The summed E-state index contributed by atoms with van der Waals surface area (Å²) in [4.78, 5) is 2.37. The van der Waals surface area contributed by atoms with Gasteiger partial charge in [0.05, 0.1) is 22.1 Å². The second-order valence-corrected chi connectivity index (χ2v) is 15.4. The quantitative estimate of drug-likeness (QED) is 0.165. The molecular formula is C56H37N3. The van der Waals surface area contributed by atoms with Crippen molar-refractivity contribution in [3.05, 3.63) is 224 Å². The fourth-order valence-corrected chi connectivity index (χ4v) is 9.35. The Kier molecular flexibility index (Phi) is 7.54. The van der Waals surface area contributed by atoms with Gasteiger partial charge in [-0.1, -0.05) is 146 Å². The van der Waals surface area contributed by atoms with Crippen LogP contribution in [0, 0.1) is 0 Å². The molecule has 0 saturated heterocycles. The molecule has 0 spiro atoms. The Balaban J connectivity index is 1.08. The van der Waals surface area contributed by atoms with Crippen LogP contribution in [-0.4, -0.2) is 9.13 Å². The molecule has 0 radical (unpaired) electrons. The van der Waals surface area contributed by atoms with E-state index in [9.17, 15) is 0 Å². The van der Waals surface area contributed by atoms with E-state index in [-0.39, 0.29) is 0 Å². The van der Waals surface area contributed by atoms with Crippen molar-refractivity contribution in [2.75, 3.05) is 4.90 Å². The lowest BCUT2D eigenvalue weighted by atomic mass is 10.0. The lowest BCUT2D eigenvalue weighted by Gasteiger charge is -2.26. The molecule has 59 heavy (non-hydrogen) atoms. The average molecular weight is 752 g/mol. The van der Waals surface area contributed by atoms with Crippen molar-refractivity contribution in [1.82, 2.24) is 9.13 Å². The lowest BCUT2D eigenvalue weighted by molar-refractivity contribution is 1.18. The first-order chi connectivity index (χ1) is 29.3. The van der Waals surface area contributed by atoms with Crippen molar-refractivity contribution < 1.29 is 0 Å². The highest BCUT2D eigenvalue weighted by Gasteiger charge is 2.21. The van der Waals surface area contributed by atoms with E-state index in [0.717, 1.165) is 28.4 Å². The third-order valence-corrected chi connectivity index (χ3v) is 12.0. The van der Waals surface area contributed by atoms with Crippen molar-refractivity contribution in [2.45, 2.75) is 0 Å². The van der Waals surface area contributed by atoms with Crippen molar-refractivity contribution in [1.29, 1.82) is 0 Å². The Morgan fingerprint density at radius 2 is 0.864 bits per heavy atom. The molecule has 12 rings (SSSR count). The molecule has 0 bridgehead atoms. The van der Waals surface area contributed by atoms with Gasteiger partial charge in [-0.2, -0.15) is 0 Å². The van der Waals surface area contributed by atoms with Crippen LogP contribution in [0.5, 0.6) is 0 Å². The first kappa shape index (κ1) is 33.3. The van der Waals surface area contributed by atoms with Crippen LogP contribution in [0.3, 0.4) is 0 Å². The Morgan fingerprint density at radius 1 is 0.288 bits per heavy atom. The van der Waals surface area contributed by atoms with Gasteiger partial charge in [0.25, 0.3) is 0 Å². The van der Waals surface area contributed by atoms with Crippen LogP contribution in [0.1, 0.15) is 0 Å². The van der Waals surface area contributed by atoms with Gasteiger partial charge in [-0.15, -0.1) is 0 Å². The summed E-state index contributed by atoms with van der Waals surface area (Å²) in [7, 11) is 0. The van der Waals surface area contributed by atoms with Gasteiger partial charge in [-0.3, -0.25) is 0 Å². The molecule has 3 heteroatoms. The maximum Gasteiger partial charge on any atom is 0.0641 e.